The number of nitro groups is 2. The molecular formula is C21H17N3O6. The Labute approximate surface area is 171 Å². The van der Waals surface area contributed by atoms with Crippen LogP contribution in [0.1, 0.15) is 16.7 Å². The van der Waals surface area contributed by atoms with Crippen LogP contribution in [0.4, 0.5) is 11.4 Å². The van der Waals surface area contributed by atoms with Crippen LogP contribution in [0.25, 0.3) is 0 Å². The Hall–Kier alpha value is -4.27. The van der Waals surface area contributed by atoms with Gasteiger partial charge in [-0.05, 0) is 53.1 Å². The molecule has 0 aliphatic rings. The second-order valence-corrected chi connectivity index (χ2v) is 6.22. The predicted molar refractivity (Wildman–Crippen MR) is 109 cm³/mol. The van der Waals surface area contributed by atoms with Crippen LogP contribution in [0.3, 0.4) is 0 Å². The number of hydrogen-bond donors (Lipinski definition) is 0. The number of nitrogens with zero attached hydrogens (tertiary/aromatic N) is 3. The Balaban J connectivity index is 1.47. The summed E-state index contributed by atoms with van der Waals surface area (Å²) >= 11 is 0. The third-order valence-electron chi connectivity index (χ3n) is 4.06. The Kier molecular flexibility index (Phi) is 6.67. The van der Waals surface area contributed by atoms with Gasteiger partial charge in [-0.1, -0.05) is 17.3 Å². The first-order valence-corrected chi connectivity index (χ1v) is 8.86. The molecule has 0 atom stereocenters. The zero-order valence-electron chi connectivity index (χ0n) is 15.7. The van der Waals surface area contributed by atoms with Crippen LogP contribution in [0.2, 0.25) is 0 Å². The summed E-state index contributed by atoms with van der Waals surface area (Å²) in [6, 6.07) is 19.5. The Morgan fingerprint density at radius 3 is 2.17 bits per heavy atom. The average Bonchev–Trinajstić information content (AvgIpc) is 2.76. The van der Waals surface area contributed by atoms with Gasteiger partial charge in [0.15, 0.2) is 0 Å². The van der Waals surface area contributed by atoms with Crippen molar-refractivity contribution in [3.63, 3.8) is 0 Å². The lowest BCUT2D eigenvalue weighted by Gasteiger charge is -2.06. The molecule has 0 fully saturated rings. The first kappa shape index (κ1) is 20.5. The monoisotopic (exact) mass is 407 g/mol. The summed E-state index contributed by atoms with van der Waals surface area (Å²) in [5.41, 5.74) is 2.30. The highest BCUT2D eigenvalue weighted by Gasteiger charge is 2.06. The van der Waals surface area contributed by atoms with Crippen molar-refractivity contribution in [2.45, 2.75) is 13.2 Å². The topological polar surface area (TPSA) is 117 Å². The predicted octanol–water partition coefficient (Wildman–Crippen LogP) is 4.63. The zero-order valence-corrected chi connectivity index (χ0v) is 15.7. The lowest BCUT2D eigenvalue weighted by atomic mass is 10.2. The molecule has 9 heteroatoms. The van der Waals surface area contributed by atoms with E-state index in [9.17, 15) is 20.2 Å². The summed E-state index contributed by atoms with van der Waals surface area (Å²) in [5, 5.41) is 25.3. The first-order chi connectivity index (χ1) is 14.5. The molecule has 0 saturated heterocycles. The van der Waals surface area contributed by atoms with Gasteiger partial charge in [0.05, 0.1) is 16.1 Å². The maximum atomic E-state index is 10.8. The van der Waals surface area contributed by atoms with Gasteiger partial charge >= 0.3 is 0 Å². The molecule has 30 heavy (non-hydrogen) atoms. The van der Waals surface area contributed by atoms with Gasteiger partial charge in [0, 0.05) is 24.3 Å². The van der Waals surface area contributed by atoms with Crippen LogP contribution in [0, 0.1) is 20.2 Å². The number of oxime groups is 1. The van der Waals surface area contributed by atoms with Gasteiger partial charge in [-0.15, -0.1) is 0 Å². The minimum atomic E-state index is -0.460. The van der Waals surface area contributed by atoms with Crippen LogP contribution < -0.4 is 4.74 Å². The van der Waals surface area contributed by atoms with Crippen molar-refractivity contribution in [3.8, 4) is 5.75 Å². The quantitative estimate of drug-likeness (QED) is 0.290. The van der Waals surface area contributed by atoms with E-state index in [0.717, 1.165) is 11.1 Å². The summed E-state index contributed by atoms with van der Waals surface area (Å²) < 4.78 is 5.66. The number of rotatable bonds is 9. The van der Waals surface area contributed by atoms with Crippen LogP contribution >= 0.6 is 0 Å². The molecule has 0 bridgehead atoms. The van der Waals surface area contributed by atoms with Crippen molar-refractivity contribution < 1.29 is 19.4 Å². The average molecular weight is 407 g/mol. The van der Waals surface area contributed by atoms with E-state index in [1.165, 1.54) is 30.5 Å². The molecule has 0 aliphatic carbocycles. The molecule has 0 unspecified atom stereocenters. The van der Waals surface area contributed by atoms with Crippen molar-refractivity contribution in [1.82, 2.24) is 0 Å². The standard InChI is InChI=1S/C21H17N3O6/c25-23(26)19-8-4-17(5-9-19)14-29-21-10-6-16(7-11-21)13-22-30-15-18-2-1-3-20(12-18)24(27)28/h1-13H,14-15H2/b22-13-. The van der Waals surface area contributed by atoms with Gasteiger partial charge in [0.25, 0.3) is 11.4 Å². The summed E-state index contributed by atoms with van der Waals surface area (Å²) in [4.78, 5) is 25.7. The van der Waals surface area contributed by atoms with Crippen molar-refractivity contribution >= 4 is 17.6 Å². The van der Waals surface area contributed by atoms with E-state index in [4.69, 9.17) is 9.57 Å². The Bertz CT molecular complexity index is 1050. The van der Waals surface area contributed by atoms with Gasteiger partial charge in [-0.3, -0.25) is 20.2 Å². The smallest absolute Gasteiger partial charge is 0.269 e. The highest BCUT2D eigenvalue weighted by Crippen LogP contribution is 2.17. The number of non-ortho nitro benzene ring substituents is 2. The maximum absolute atomic E-state index is 10.8. The molecule has 152 valence electrons. The molecule has 0 amide bonds. The van der Waals surface area contributed by atoms with Crippen molar-refractivity contribution in [2.24, 2.45) is 5.16 Å². The summed E-state index contributed by atoms with van der Waals surface area (Å²) in [7, 11) is 0. The van der Waals surface area contributed by atoms with E-state index in [-0.39, 0.29) is 24.6 Å². The molecule has 3 aromatic carbocycles. The highest BCUT2D eigenvalue weighted by atomic mass is 16.6. The number of benzene rings is 3. The molecule has 0 spiro atoms. The molecule has 0 aliphatic heterocycles. The third kappa shape index (κ3) is 5.86. The molecule has 0 heterocycles. The molecular weight excluding hydrogens is 390 g/mol. The largest absolute Gasteiger partial charge is 0.489 e. The van der Waals surface area contributed by atoms with E-state index >= 15 is 0 Å². The van der Waals surface area contributed by atoms with Crippen LogP contribution in [0.5, 0.6) is 5.75 Å². The van der Waals surface area contributed by atoms with E-state index < -0.39 is 9.85 Å². The minimum Gasteiger partial charge on any atom is -0.489 e. The fourth-order valence-electron chi connectivity index (χ4n) is 2.50. The molecule has 0 radical (unpaired) electrons. The fourth-order valence-corrected chi connectivity index (χ4v) is 2.50. The number of nitro benzene ring substituents is 2. The molecule has 0 aromatic heterocycles. The Morgan fingerprint density at radius 1 is 0.800 bits per heavy atom. The van der Waals surface area contributed by atoms with Crippen LogP contribution in [-0.2, 0) is 18.1 Å². The molecule has 9 nitrogen and oxygen atoms in total. The summed E-state index contributed by atoms with van der Waals surface area (Å²) in [5.74, 6) is 0.642. The normalized spacial score (nSPS) is 10.7. The van der Waals surface area contributed by atoms with E-state index in [1.54, 1.807) is 48.5 Å². The van der Waals surface area contributed by atoms with Crippen molar-refractivity contribution in [3.05, 3.63) is 110 Å². The molecule has 3 rings (SSSR count). The maximum Gasteiger partial charge on any atom is 0.269 e. The fraction of sp³-hybridized carbons (Fsp3) is 0.0952. The summed E-state index contributed by atoms with van der Waals surface area (Å²) in [6.45, 7) is 0.409. The second-order valence-electron chi connectivity index (χ2n) is 6.22. The van der Waals surface area contributed by atoms with Gasteiger partial charge in [0.2, 0.25) is 0 Å². The molecule has 0 N–H and O–H groups in total. The summed E-state index contributed by atoms with van der Waals surface area (Å²) in [6.07, 6.45) is 1.53. The van der Waals surface area contributed by atoms with Crippen LogP contribution in [0.15, 0.2) is 78.0 Å². The molecule has 0 saturated carbocycles. The zero-order chi connectivity index (χ0) is 21.3. The first-order valence-electron chi connectivity index (χ1n) is 8.86. The third-order valence-corrected chi connectivity index (χ3v) is 4.06. The van der Waals surface area contributed by atoms with E-state index in [1.807, 2.05) is 0 Å². The Morgan fingerprint density at radius 2 is 1.50 bits per heavy atom. The molecule has 3 aromatic rings. The van der Waals surface area contributed by atoms with Gasteiger partial charge in [0.1, 0.15) is 19.0 Å². The van der Waals surface area contributed by atoms with Gasteiger partial charge in [-0.2, -0.15) is 0 Å². The van der Waals surface area contributed by atoms with E-state index in [2.05, 4.69) is 5.16 Å². The SMILES string of the molecule is O=[N+]([O-])c1ccc(COc2ccc(/C=N\OCc3cccc([N+](=O)[O-])c3)cc2)cc1. The van der Waals surface area contributed by atoms with Gasteiger partial charge in [-0.25, -0.2) is 0 Å². The highest BCUT2D eigenvalue weighted by molar-refractivity contribution is 5.79. The van der Waals surface area contributed by atoms with E-state index in [0.29, 0.717) is 11.3 Å². The minimum absolute atomic E-state index is 0.00407. The van der Waals surface area contributed by atoms with Gasteiger partial charge < -0.3 is 9.57 Å². The van der Waals surface area contributed by atoms with Crippen molar-refractivity contribution in [2.75, 3.05) is 0 Å². The number of hydrogen-bond acceptors (Lipinski definition) is 7. The lowest BCUT2D eigenvalue weighted by Crippen LogP contribution is -1.96. The second kappa shape index (κ2) is 9.78. The van der Waals surface area contributed by atoms with Crippen LogP contribution in [-0.4, -0.2) is 16.1 Å². The lowest BCUT2D eigenvalue weighted by molar-refractivity contribution is -0.385. The number of ether oxygens (including phenoxy) is 1. The van der Waals surface area contributed by atoms with Crippen molar-refractivity contribution in [1.29, 1.82) is 0 Å².